The third kappa shape index (κ3) is 4.44. The summed E-state index contributed by atoms with van der Waals surface area (Å²) in [5.41, 5.74) is 8.96. The fourth-order valence-electron chi connectivity index (χ4n) is 3.20. The monoisotopic (exact) mass is 376 g/mol. The zero-order valence-electron chi connectivity index (χ0n) is 15.9. The summed E-state index contributed by atoms with van der Waals surface area (Å²) in [6, 6.07) is 10.3. The third-order valence-electron chi connectivity index (χ3n) is 4.76. The van der Waals surface area contributed by atoms with Gasteiger partial charge >= 0.3 is 0 Å². The smallest absolute Gasteiger partial charge is 0.254 e. The van der Waals surface area contributed by atoms with Gasteiger partial charge < -0.3 is 21.1 Å². The SMILES string of the molecule is Cc1cc(C#CCNc2cc(C(=N)N)ccc2O)ccc1C(=O)N1CCCC1. The minimum Gasteiger partial charge on any atom is -0.506 e. The zero-order valence-corrected chi connectivity index (χ0v) is 15.9. The largest absolute Gasteiger partial charge is 0.506 e. The van der Waals surface area contributed by atoms with E-state index in [0.29, 0.717) is 17.8 Å². The molecule has 0 saturated carbocycles. The predicted molar refractivity (Wildman–Crippen MR) is 111 cm³/mol. The minimum atomic E-state index is -0.0619. The standard InChI is InChI=1S/C22H24N4O2/c1-15-13-16(6-8-18(15)22(28)26-11-2-3-12-26)5-4-10-25-19-14-17(21(23)24)7-9-20(19)27/h6-9,13-14,25,27H,2-3,10-12H2,1H3,(H3,23,24). The Morgan fingerprint density at radius 3 is 2.68 bits per heavy atom. The molecular weight excluding hydrogens is 352 g/mol. The molecule has 1 aliphatic rings. The Hall–Kier alpha value is -3.46. The first kappa shape index (κ1) is 19.3. The summed E-state index contributed by atoms with van der Waals surface area (Å²) in [7, 11) is 0. The van der Waals surface area contributed by atoms with Crippen molar-refractivity contribution in [2.24, 2.45) is 5.73 Å². The predicted octanol–water partition coefficient (Wildman–Crippen LogP) is 2.68. The van der Waals surface area contributed by atoms with Gasteiger partial charge in [-0.1, -0.05) is 11.8 Å². The number of nitrogens with two attached hydrogens (primary N) is 1. The van der Waals surface area contributed by atoms with Gasteiger partial charge in [0.25, 0.3) is 5.91 Å². The number of rotatable bonds is 4. The van der Waals surface area contributed by atoms with Crippen molar-refractivity contribution in [3.05, 3.63) is 58.7 Å². The van der Waals surface area contributed by atoms with Crippen LogP contribution in [0.5, 0.6) is 5.75 Å². The molecule has 6 heteroatoms. The van der Waals surface area contributed by atoms with Crippen molar-refractivity contribution in [2.45, 2.75) is 19.8 Å². The number of nitrogens with zero attached hydrogens (tertiary/aromatic N) is 1. The average molecular weight is 376 g/mol. The van der Waals surface area contributed by atoms with E-state index in [9.17, 15) is 9.90 Å². The van der Waals surface area contributed by atoms with Crippen LogP contribution in [0, 0.1) is 24.2 Å². The van der Waals surface area contributed by atoms with E-state index in [1.165, 1.54) is 6.07 Å². The molecule has 1 aliphatic heterocycles. The molecule has 0 aromatic heterocycles. The van der Waals surface area contributed by atoms with Crippen LogP contribution in [-0.2, 0) is 0 Å². The molecule has 5 N–H and O–H groups in total. The second kappa shape index (κ2) is 8.49. The number of phenolic OH excluding ortho intramolecular Hbond substituents is 1. The summed E-state index contributed by atoms with van der Waals surface area (Å²) in [5, 5.41) is 20.4. The molecule has 2 aromatic rings. The quantitative estimate of drug-likeness (QED) is 0.285. The van der Waals surface area contributed by atoms with E-state index in [2.05, 4.69) is 17.2 Å². The second-order valence-corrected chi connectivity index (χ2v) is 6.83. The highest BCUT2D eigenvalue weighted by molar-refractivity contribution is 5.96. The highest BCUT2D eigenvalue weighted by Crippen LogP contribution is 2.23. The third-order valence-corrected chi connectivity index (χ3v) is 4.76. The maximum absolute atomic E-state index is 12.5. The molecule has 28 heavy (non-hydrogen) atoms. The van der Waals surface area contributed by atoms with E-state index >= 15 is 0 Å². The molecule has 6 nitrogen and oxygen atoms in total. The molecule has 3 rings (SSSR count). The van der Waals surface area contributed by atoms with Crippen molar-refractivity contribution >= 4 is 17.4 Å². The number of aryl methyl sites for hydroxylation is 1. The van der Waals surface area contributed by atoms with Crippen LogP contribution in [0.2, 0.25) is 0 Å². The Morgan fingerprint density at radius 2 is 2.00 bits per heavy atom. The molecule has 0 radical (unpaired) electrons. The van der Waals surface area contributed by atoms with Crippen molar-refractivity contribution in [3.8, 4) is 17.6 Å². The molecular formula is C22H24N4O2. The van der Waals surface area contributed by atoms with Crippen LogP contribution < -0.4 is 11.1 Å². The number of hydrogen-bond acceptors (Lipinski definition) is 4. The van der Waals surface area contributed by atoms with Gasteiger partial charge in [-0.25, -0.2) is 0 Å². The van der Waals surface area contributed by atoms with Crippen molar-refractivity contribution < 1.29 is 9.90 Å². The van der Waals surface area contributed by atoms with Crippen molar-refractivity contribution in [2.75, 3.05) is 25.0 Å². The van der Waals surface area contributed by atoms with Crippen molar-refractivity contribution in [3.63, 3.8) is 0 Å². The number of aromatic hydroxyl groups is 1. The van der Waals surface area contributed by atoms with Gasteiger partial charge in [0.2, 0.25) is 0 Å². The van der Waals surface area contributed by atoms with Gasteiger partial charge in [0.15, 0.2) is 0 Å². The van der Waals surface area contributed by atoms with Crippen LogP contribution in [0.3, 0.4) is 0 Å². The van der Waals surface area contributed by atoms with Crippen LogP contribution in [0.15, 0.2) is 36.4 Å². The van der Waals surface area contributed by atoms with Gasteiger partial charge in [-0.05, 0) is 61.7 Å². The zero-order chi connectivity index (χ0) is 20.1. The number of carbonyl (C=O) groups excluding carboxylic acids is 1. The van der Waals surface area contributed by atoms with Gasteiger partial charge in [0, 0.05) is 29.8 Å². The van der Waals surface area contributed by atoms with E-state index < -0.39 is 0 Å². The van der Waals surface area contributed by atoms with Gasteiger partial charge in [0.05, 0.1) is 12.2 Å². The van der Waals surface area contributed by atoms with E-state index in [0.717, 1.165) is 42.6 Å². The van der Waals surface area contributed by atoms with Crippen LogP contribution in [0.1, 0.15) is 39.9 Å². The average Bonchev–Trinajstić information content (AvgIpc) is 3.20. The number of amidine groups is 1. The Kier molecular flexibility index (Phi) is 5.85. The maximum Gasteiger partial charge on any atom is 0.254 e. The molecule has 1 amide bonds. The molecule has 1 saturated heterocycles. The van der Waals surface area contributed by atoms with Gasteiger partial charge in [-0.15, -0.1) is 0 Å². The van der Waals surface area contributed by atoms with E-state index in [1.54, 1.807) is 12.1 Å². The summed E-state index contributed by atoms with van der Waals surface area (Å²) >= 11 is 0. The molecule has 2 aromatic carbocycles. The fourth-order valence-corrected chi connectivity index (χ4v) is 3.20. The van der Waals surface area contributed by atoms with E-state index in [-0.39, 0.29) is 17.5 Å². The number of nitrogens with one attached hydrogen (secondary N) is 2. The lowest BCUT2D eigenvalue weighted by Gasteiger charge is -2.16. The molecule has 0 spiro atoms. The highest BCUT2D eigenvalue weighted by Gasteiger charge is 2.20. The molecule has 0 bridgehead atoms. The lowest BCUT2D eigenvalue weighted by Crippen LogP contribution is -2.28. The van der Waals surface area contributed by atoms with Crippen molar-refractivity contribution in [1.82, 2.24) is 4.90 Å². The first-order valence-corrected chi connectivity index (χ1v) is 9.26. The fraction of sp³-hybridized carbons (Fsp3) is 0.273. The Bertz CT molecular complexity index is 966. The molecule has 0 unspecified atom stereocenters. The first-order valence-electron chi connectivity index (χ1n) is 9.26. The lowest BCUT2D eigenvalue weighted by atomic mass is 10.0. The number of nitrogen functional groups attached to an aromatic ring is 1. The molecule has 0 atom stereocenters. The maximum atomic E-state index is 12.5. The van der Waals surface area contributed by atoms with Crippen molar-refractivity contribution in [1.29, 1.82) is 5.41 Å². The summed E-state index contributed by atoms with van der Waals surface area (Å²) in [6.45, 7) is 3.92. The topological polar surface area (TPSA) is 102 Å². The number of benzene rings is 2. The van der Waals surface area contributed by atoms with Crippen LogP contribution in [0.4, 0.5) is 5.69 Å². The molecule has 0 aliphatic carbocycles. The number of carbonyl (C=O) groups is 1. The van der Waals surface area contributed by atoms with Gasteiger partial charge in [0.1, 0.15) is 11.6 Å². The second-order valence-electron chi connectivity index (χ2n) is 6.83. The number of anilines is 1. The summed E-state index contributed by atoms with van der Waals surface area (Å²) < 4.78 is 0. The van der Waals surface area contributed by atoms with E-state index in [4.69, 9.17) is 11.1 Å². The summed E-state index contributed by atoms with van der Waals surface area (Å²) in [6.07, 6.45) is 2.15. The van der Waals surface area contributed by atoms with Crippen LogP contribution in [-0.4, -0.2) is 41.4 Å². The molecule has 1 fully saturated rings. The van der Waals surface area contributed by atoms with Crippen LogP contribution >= 0.6 is 0 Å². The Balaban J connectivity index is 1.65. The summed E-state index contributed by atoms with van der Waals surface area (Å²) in [4.78, 5) is 14.4. The lowest BCUT2D eigenvalue weighted by molar-refractivity contribution is 0.0792. The minimum absolute atomic E-state index is 0.0619. The number of hydrogen-bond donors (Lipinski definition) is 4. The number of likely N-dealkylation sites (tertiary alicyclic amines) is 1. The summed E-state index contributed by atoms with van der Waals surface area (Å²) in [5.74, 6) is 6.18. The first-order chi connectivity index (χ1) is 13.5. The Morgan fingerprint density at radius 1 is 1.25 bits per heavy atom. The number of amides is 1. The molecule has 144 valence electrons. The molecule has 1 heterocycles. The van der Waals surface area contributed by atoms with Gasteiger partial charge in [-0.3, -0.25) is 10.2 Å². The van der Waals surface area contributed by atoms with E-state index in [1.807, 2.05) is 30.0 Å². The normalized spacial score (nSPS) is 13.0. The number of phenols is 1. The van der Waals surface area contributed by atoms with Crippen LogP contribution in [0.25, 0.3) is 0 Å². The Labute approximate surface area is 164 Å². The van der Waals surface area contributed by atoms with Gasteiger partial charge in [-0.2, -0.15) is 0 Å². The highest BCUT2D eigenvalue weighted by atomic mass is 16.3.